The first-order valence-electron chi connectivity index (χ1n) is 7.78. The van der Waals surface area contributed by atoms with Crippen LogP contribution in [-0.2, 0) is 12.8 Å². The van der Waals surface area contributed by atoms with Gasteiger partial charge in [0, 0.05) is 17.5 Å². The maximum absolute atomic E-state index is 12.1. The Hall–Kier alpha value is -2.12. The lowest BCUT2D eigenvalue weighted by molar-refractivity contribution is 0.0957. The van der Waals surface area contributed by atoms with Crippen LogP contribution in [0.5, 0.6) is 0 Å². The number of carbonyl (C=O) groups is 1. The molecule has 3 aromatic rings. The molecule has 1 amide bonds. The molecule has 5 nitrogen and oxygen atoms in total. The van der Waals surface area contributed by atoms with Crippen molar-refractivity contribution in [3.8, 4) is 11.3 Å². The summed E-state index contributed by atoms with van der Waals surface area (Å²) >= 11 is 2.81. The molecule has 0 bridgehead atoms. The molecule has 0 saturated heterocycles. The number of nitrogens with one attached hydrogen (secondary N) is 1. The van der Waals surface area contributed by atoms with Crippen molar-refractivity contribution in [2.75, 3.05) is 6.54 Å². The Balaban J connectivity index is 1.54. The van der Waals surface area contributed by atoms with Gasteiger partial charge in [0.1, 0.15) is 4.88 Å². The van der Waals surface area contributed by atoms with Gasteiger partial charge in [0.2, 0.25) is 0 Å². The van der Waals surface area contributed by atoms with Gasteiger partial charge < -0.3 is 5.32 Å². The largest absolute Gasteiger partial charge is 0.351 e. The Labute approximate surface area is 148 Å². The number of thiazole rings is 1. The standard InChI is InChI=1S/C17H18N4OS2/c1-3-14-16(24-21-20-14)17(22)18-9-8-12-4-6-13(7-5-12)15-10-23-11(2)19-15/h4-7,10H,3,8-9H2,1-2H3,(H,18,22). The molecule has 0 saturated carbocycles. The minimum Gasteiger partial charge on any atom is -0.351 e. The van der Waals surface area contributed by atoms with Crippen LogP contribution in [0.1, 0.15) is 32.9 Å². The predicted molar refractivity (Wildman–Crippen MR) is 97.6 cm³/mol. The van der Waals surface area contributed by atoms with Gasteiger partial charge in [-0.25, -0.2) is 4.98 Å². The minimum absolute atomic E-state index is 0.0866. The van der Waals surface area contributed by atoms with Gasteiger partial charge in [0.25, 0.3) is 5.91 Å². The Morgan fingerprint density at radius 3 is 2.71 bits per heavy atom. The van der Waals surface area contributed by atoms with E-state index in [1.807, 2.05) is 13.8 Å². The lowest BCUT2D eigenvalue weighted by Crippen LogP contribution is -2.25. The van der Waals surface area contributed by atoms with Gasteiger partial charge >= 0.3 is 0 Å². The van der Waals surface area contributed by atoms with Gasteiger partial charge in [0.05, 0.1) is 16.4 Å². The number of carbonyl (C=O) groups excluding carboxylic acids is 1. The molecule has 1 aromatic carbocycles. The second-order valence-corrected chi connectivity index (χ2v) is 7.17. The fourth-order valence-corrected chi connectivity index (χ4v) is 3.64. The Morgan fingerprint density at radius 1 is 1.25 bits per heavy atom. The van der Waals surface area contributed by atoms with Crippen LogP contribution in [-0.4, -0.2) is 27.0 Å². The van der Waals surface area contributed by atoms with E-state index in [0.717, 1.165) is 46.3 Å². The molecular formula is C17H18N4OS2. The quantitative estimate of drug-likeness (QED) is 0.732. The first kappa shape index (κ1) is 16.7. The number of hydrogen-bond donors (Lipinski definition) is 1. The third kappa shape index (κ3) is 3.85. The van der Waals surface area contributed by atoms with E-state index in [2.05, 4.69) is 49.5 Å². The molecular weight excluding hydrogens is 340 g/mol. The van der Waals surface area contributed by atoms with E-state index in [-0.39, 0.29) is 5.91 Å². The highest BCUT2D eigenvalue weighted by molar-refractivity contribution is 7.09. The summed E-state index contributed by atoms with van der Waals surface area (Å²) < 4.78 is 3.85. The van der Waals surface area contributed by atoms with Crippen LogP contribution in [0.15, 0.2) is 29.6 Å². The van der Waals surface area contributed by atoms with E-state index >= 15 is 0 Å². The SMILES string of the molecule is CCc1nnsc1C(=O)NCCc1ccc(-c2csc(C)n2)cc1. The number of amides is 1. The van der Waals surface area contributed by atoms with Crippen molar-refractivity contribution in [2.45, 2.75) is 26.7 Å². The molecule has 2 heterocycles. The number of hydrogen-bond acceptors (Lipinski definition) is 6. The van der Waals surface area contributed by atoms with Gasteiger partial charge in [-0.05, 0) is 36.9 Å². The van der Waals surface area contributed by atoms with Crippen LogP contribution < -0.4 is 5.32 Å². The second-order valence-electron chi connectivity index (χ2n) is 5.36. The van der Waals surface area contributed by atoms with Crippen LogP contribution in [0, 0.1) is 6.92 Å². The molecule has 3 rings (SSSR count). The Kier molecular flexibility index (Phi) is 5.32. The van der Waals surface area contributed by atoms with Crippen molar-refractivity contribution < 1.29 is 4.79 Å². The average molecular weight is 358 g/mol. The van der Waals surface area contributed by atoms with Crippen LogP contribution in [0.3, 0.4) is 0 Å². The smallest absolute Gasteiger partial charge is 0.264 e. The summed E-state index contributed by atoms with van der Waals surface area (Å²) in [5, 5.41) is 10.0. The topological polar surface area (TPSA) is 67.8 Å². The van der Waals surface area contributed by atoms with Crippen LogP contribution in [0.4, 0.5) is 0 Å². The third-order valence-corrected chi connectivity index (χ3v) is 5.21. The summed E-state index contributed by atoms with van der Waals surface area (Å²) in [6.45, 7) is 4.57. The van der Waals surface area contributed by atoms with E-state index < -0.39 is 0 Å². The second kappa shape index (κ2) is 7.63. The van der Waals surface area contributed by atoms with Crippen molar-refractivity contribution in [2.24, 2.45) is 0 Å². The molecule has 0 unspecified atom stereocenters. The lowest BCUT2D eigenvalue weighted by atomic mass is 10.1. The Bertz CT molecular complexity index is 823. The van der Waals surface area contributed by atoms with Gasteiger partial charge in [-0.15, -0.1) is 16.4 Å². The molecule has 0 radical (unpaired) electrons. The molecule has 7 heteroatoms. The number of nitrogens with zero attached hydrogens (tertiary/aromatic N) is 3. The lowest BCUT2D eigenvalue weighted by Gasteiger charge is -2.05. The number of rotatable bonds is 6. The van der Waals surface area contributed by atoms with Crippen molar-refractivity contribution in [3.05, 3.63) is 50.8 Å². The number of benzene rings is 1. The van der Waals surface area contributed by atoms with Gasteiger partial charge in [-0.2, -0.15) is 0 Å². The zero-order valence-corrected chi connectivity index (χ0v) is 15.2. The van der Waals surface area contributed by atoms with Crippen molar-refractivity contribution in [3.63, 3.8) is 0 Å². The minimum atomic E-state index is -0.0866. The van der Waals surface area contributed by atoms with Crippen molar-refractivity contribution in [1.29, 1.82) is 0 Å². The van der Waals surface area contributed by atoms with Crippen LogP contribution >= 0.6 is 22.9 Å². The highest BCUT2D eigenvalue weighted by Crippen LogP contribution is 2.21. The Morgan fingerprint density at radius 2 is 2.04 bits per heavy atom. The molecule has 0 spiro atoms. The highest BCUT2D eigenvalue weighted by Gasteiger charge is 2.14. The monoisotopic (exact) mass is 358 g/mol. The van der Waals surface area contributed by atoms with Gasteiger partial charge in [0.15, 0.2) is 0 Å². The summed E-state index contributed by atoms with van der Waals surface area (Å²) in [6.07, 6.45) is 1.51. The normalized spacial score (nSPS) is 10.8. The summed E-state index contributed by atoms with van der Waals surface area (Å²) in [5.74, 6) is -0.0866. The number of aryl methyl sites for hydroxylation is 2. The van der Waals surface area contributed by atoms with E-state index in [1.54, 1.807) is 11.3 Å². The highest BCUT2D eigenvalue weighted by atomic mass is 32.1. The van der Waals surface area contributed by atoms with E-state index in [9.17, 15) is 4.79 Å². The molecule has 0 atom stereocenters. The molecule has 24 heavy (non-hydrogen) atoms. The maximum atomic E-state index is 12.1. The van der Waals surface area contributed by atoms with E-state index in [0.29, 0.717) is 11.4 Å². The summed E-state index contributed by atoms with van der Waals surface area (Å²) in [6, 6.07) is 8.33. The maximum Gasteiger partial charge on any atom is 0.264 e. The summed E-state index contributed by atoms with van der Waals surface area (Å²) in [7, 11) is 0. The first-order chi connectivity index (χ1) is 11.7. The van der Waals surface area contributed by atoms with Crippen LogP contribution in [0.2, 0.25) is 0 Å². The fraction of sp³-hybridized carbons (Fsp3) is 0.294. The average Bonchev–Trinajstić information content (AvgIpc) is 3.24. The molecule has 0 aliphatic carbocycles. The molecule has 1 N–H and O–H groups in total. The van der Waals surface area contributed by atoms with Gasteiger partial charge in [-0.1, -0.05) is 35.7 Å². The predicted octanol–water partition coefficient (Wildman–Crippen LogP) is 3.50. The van der Waals surface area contributed by atoms with Gasteiger partial charge in [-0.3, -0.25) is 4.79 Å². The van der Waals surface area contributed by atoms with Crippen molar-refractivity contribution >= 4 is 28.8 Å². The first-order valence-corrected chi connectivity index (χ1v) is 9.43. The molecule has 2 aromatic heterocycles. The van der Waals surface area contributed by atoms with Crippen molar-refractivity contribution in [1.82, 2.24) is 19.9 Å². The molecule has 0 aliphatic rings. The number of aromatic nitrogens is 3. The zero-order chi connectivity index (χ0) is 16.9. The molecule has 0 aliphatic heterocycles. The van der Waals surface area contributed by atoms with Crippen LogP contribution in [0.25, 0.3) is 11.3 Å². The summed E-state index contributed by atoms with van der Waals surface area (Å²) in [4.78, 5) is 17.2. The van der Waals surface area contributed by atoms with E-state index in [4.69, 9.17) is 0 Å². The summed E-state index contributed by atoms with van der Waals surface area (Å²) in [5.41, 5.74) is 4.09. The molecule has 124 valence electrons. The third-order valence-electron chi connectivity index (χ3n) is 3.66. The van der Waals surface area contributed by atoms with E-state index in [1.165, 1.54) is 5.56 Å². The zero-order valence-electron chi connectivity index (χ0n) is 13.6. The molecule has 0 fully saturated rings. The fourth-order valence-electron chi connectivity index (χ4n) is 2.35.